The Labute approximate surface area is 88.1 Å². The van der Waals surface area contributed by atoms with Gasteiger partial charge < -0.3 is 10.4 Å². The van der Waals surface area contributed by atoms with Crippen molar-refractivity contribution in [3.63, 3.8) is 0 Å². The molecule has 0 amide bonds. The second-order valence-corrected chi connectivity index (χ2v) is 5.19. The Hall–Kier alpha value is -0.0800. The van der Waals surface area contributed by atoms with E-state index in [2.05, 4.69) is 26.1 Å². The number of aliphatic hydroxyl groups is 1. The molecule has 3 atom stereocenters. The van der Waals surface area contributed by atoms with Gasteiger partial charge in [-0.2, -0.15) is 0 Å². The minimum Gasteiger partial charge on any atom is -0.395 e. The molecule has 84 valence electrons. The Morgan fingerprint density at radius 1 is 1.36 bits per heavy atom. The van der Waals surface area contributed by atoms with E-state index in [-0.39, 0.29) is 6.61 Å². The highest BCUT2D eigenvalue weighted by Gasteiger charge is 2.25. The molecule has 2 heteroatoms. The topological polar surface area (TPSA) is 32.3 Å². The first-order valence-corrected chi connectivity index (χ1v) is 6.00. The zero-order valence-electron chi connectivity index (χ0n) is 9.79. The number of aliphatic hydroxyl groups excluding tert-OH is 1. The lowest BCUT2D eigenvalue weighted by atomic mass is 10.0. The van der Waals surface area contributed by atoms with Crippen LogP contribution >= 0.6 is 0 Å². The highest BCUT2D eigenvalue weighted by Crippen LogP contribution is 2.25. The van der Waals surface area contributed by atoms with Gasteiger partial charge in [0.15, 0.2) is 0 Å². The van der Waals surface area contributed by atoms with Crippen molar-refractivity contribution in [2.45, 2.75) is 58.5 Å². The zero-order valence-corrected chi connectivity index (χ0v) is 9.79. The van der Waals surface area contributed by atoms with Crippen molar-refractivity contribution >= 4 is 0 Å². The van der Waals surface area contributed by atoms with Gasteiger partial charge in [0.2, 0.25) is 0 Å². The van der Waals surface area contributed by atoms with Gasteiger partial charge in [0.05, 0.1) is 6.61 Å². The smallest absolute Gasteiger partial charge is 0.0584 e. The van der Waals surface area contributed by atoms with Crippen LogP contribution in [-0.2, 0) is 0 Å². The molecule has 1 fully saturated rings. The summed E-state index contributed by atoms with van der Waals surface area (Å²) in [7, 11) is 0. The lowest BCUT2D eigenvalue weighted by Crippen LogP contribution is -2.42. The maximum Gasteiger partial charge on any atom is 0.0584 e. The molecular weight excluding hydrogens is 174 g/mol. The molecule has 0 aromatic rings. The number of rotatable bonds is 5. The van der Waals surface area contributed by atoms with Crippen molar-refractivity contribution in [3.8, 4) is 0 Å². The summed E-state index contributed by atoms with van der Waals surface area (Å²) in [5, 5.41) is 12.9. The largest absolute Gasteiger partial charge is 0.395 e. The third kappa shape index (κ3) is 3.58. The van der Waals surface area contributed by atoms with Gasteiger partial charge in [-0.15, -0.1) is 0 Å². The number of hydrogen-bond donors (Lipinski definition) is 2. The van der Waals surface area contributed by atoms with Crippen LogP contribution in [0.4, 0.5) is 0 Å². The van der Waals surface area contributed by atoms with Gasteiger partial charge >= 0.3 is 0 Å². The van der Waals surface area contributed by atoms with E-state index in [0.717, 1.165) is 12.3 Å². The Morgan fingerprint density at radius 2 is 2.07 bits per heavy atom. The van der Waals surface area contributed by atoms with Crippen molar-refractivity contribution in [2.24, 2.45) is 11.8 Å². The van der Waals surface area contributed by atoms with Gasteiger partial charge in [-0.25, -0.2) is 0 Å². The highest BCUT2D eigenvalue weighted by atomic mass is 16.3. The third-order valence-electron chi connectivity index (χ3n) is 3.29. The van der Waals surface area contributed by atoms with Gasteiger partial charge in [-0.1, -0.05) is 27.2 Å². The maximum atomic E-state index is 9.26. The molecule has 1 aliphatic carbocycles. The average Bonchev–Trinajstić information content (AvgIpc) is 2.50. The molecule has 0 aromatic carbocycles. The van der Waals surface area contributed by atoms with Crippen molar-refractivity contribution in [2.75, 3.05) is 6.61 Å². The summed E-state index contributed by atoms with van der Waals surface area (Å²) < 4.78 is 0. The van der Waals surface area contributed by atoms with Crippen molar-refractivity contribution < 1.29 is 5.11 Å². The molecule has 1 saturated carbocycles. The minimum absolute atomic E-state index is 0.279. The molecule has 0 aromatic heterocycles. The van der Waals surface area contributed by atoms with Gasteiger partial charge in [0.25, 0.3) is 0 Å². The van der Waals surface area contributed by atoms with Crippen molar-refractivity contribution in [3.05, 3.63) is 0 Å². The molecule has 0 aliphatic heterocycles. The fourth-order valence-corrected chi connectivity index (χ4v) is 2.46. The summed E-state index contributed by atoms with van der Waals surface area (Å²) in [6, 6.07) is 0.950. The van der Waals surface area contributed by atoms with Crippen LogP contribution in [0.1, 0.15) is 46.5 Å². The number of nitrogens with one attached hydrogen (secondary N) is 1. The van der Waals surface area contributed by atoms with Crippen molar-refractivity contribution in [1.29, 1.82) is 0 Å². The molecule has 0 unspecified atom stereocenters. The predicted octanol–water partition coefficient (Wildman–Crippen LogP) is 2.17. The first-order chi connectivity index (χ1) is 6.63. The number of hydrogen-bond acceptors (Lipinski definition) is 2. The van der Waals surface area contributed by atoms with Gasteiger partial charge in [-0.05, 0) is 31.1 Å². The third-order valence-corrected chi connectivity index (χ3v) is 3.29. The van der Waals surface area contributed by atoms with E-state index in [9.17, 15) is 5.11 Å². The van der Waals surface area contributed by atoms with E-state index in [1.54, 1.807) is 0 Å². The van der Waals surface area contributed by atoms with Gasteiger partial charge in [0, 0.05) is 12.1 Å². The molecule has 0 heterocycles. The van der Waals surface area contributed by atoms with Crippen LogP contribution in [-0.4, -0.2) is 23.8 Å². The van der Waals surface area contributed by atoms with E-state index >= 15 is 0 Å². The molecule has 0 bridgehead atoms. The lowest BCUT2D eigenvalue weighted by Gasteiger charge is -2.25. The highest BCUT2D eigenvalue weighted by molar-refractivity contribution is 4.83. The summed E-state index contributed by atoms with van der Waals surface area (Å²) in [6.07, 6.45) is 5.06. The van der Waals surface area contributed by atoms with Crippen LogP contribution < -0.4 is 5.32 Å². The summed E-state index contributed by atoms with van der Waals surface area (Å²) in [5.74, 6) is 1.45. The Bertz CT molecular complexity index is 158. The molecular formula is C12H25NO. The first kappa shape index (κ1) is 12.0. The Morgan fingerprint density at radius 3 is 2.50 bits per heavy atom. The predicted molar refractivity (Wildman–Crippen MR) is 60.3 cm³/mol. The van der Waals surface area contributed by atoms with Crippen LogP contribution in [0.3, 0.4) is 0 Å². The molecule has 2 N–H and O–H groups in total. The van der Waals surface area contributed by atoms with E-state index < -0.39 is 0 Å². The second kappa shape index (κ2) is 5.72. The molecule has 0 saturated heterocycles. The quantitative estimate of drug-likeness (QED) is 0.711. The SMILES string of the molecule is CC(C)C[C@H](CO)N[C@@H]1CCC[C@H]1C. The monoisotopic (exact) mass is 199 g/mol. The lowest BCUT2D eigenvalue weighted by molar-refractivity contribution is 0.205. The summed E-state index contributed by atoms with van der Waals surface area (Å²) in [5.41, 5.74) is 0. The second-order valence-electron chi connectivity index (χ2n) is 5.19. The Kier molecular flexibility index (Phi) is 4.90. The van der Waals surface area contributed by atoms with Crippen LogP contribution in [0, 0.1) is 11.8 Å². The van der Waals surface area contributed by atoms with Crippen LogP contribution in [0.2, 0.25) is 0 Å². The van der Waals surface area contributed by atoms with E-state index in [4.69, 9.17) is 0 Å². The Balaban J connectivity index is 2.31. The molecule has 0 spiro atoms. The normalized spacial score (nSPS) is 29.8. The first-order valence-electron chi connectivity index (χ1n) is 6.00. The maximum absolute atomic E-state index is 9.26. The summed E-state index contributed by atoms with van der Waals surface area (Å²) in [4.78, 5) is 0. The fraction of sp³-hybridized carbons (Fsp3) is 1.00. The summed E-state index contributed by atoms with van der Waals surface area (Å²) >= 11 is 0. The zero-order chi connectivity index (χ0) is 10.6. The molecule has 1 aliphatic rings. The molecule has 1 rings (SSSR count). The fourth-order valence-electron chi connectivity index (χ4n) is 2.46. The molecule has 0 radical (unpaired) electrons. The van der Waals surface area contributed by atoms with Crippen LogP contribution in [0.15, 0.2) is 0 Å². The standard InChI is InChI=1S/C12H25NO/c1-9(2)7-11(8-14)13-12-6-4-5-10(12)3/h9-14H,4-8H2,1-3H3/t10-,11-,12-/m1/s1. The van der Waals surface area contributed by atoms with E-state index in [1.165, 1.54) is 19.3 Å². The van der Waals surface area contributed by atoms with Gasteiger partial charge in [0.1, 0.15) is 0 Å². The van der Waals surface area contributed by atoms with Crippen LogP contribution in [0.25, 0.3) is 0 Å². The summed E-state index contributed by atoms with van der Waals surface area (Å²) in [6.45, 7) is 7.01. The van der Waals surface area contributed by atoms with Crippen molar-refractivity contribution in [1.82, 2.24) is 5.32 Å². The van der Waals surface area contributed by atoms with E-state index in [1.807, 2.05) is 0 Å². The minimum atomic E-state index is 0.279. The van der Waals surface area contributed by atoms with Crippen LogP contribution in [0.5, 0.6) is 0 Å². The average molecular weight is 199 g/mol. The molecule has 14 heavy (non-hydrogen) atoms. The molecule has 2 nitrogen and oxygen atoms in total. The van der Waals surface area contributed by atoms with E-state index in [0.29, 0.717) is 18.0 Å². The van der Waals surface area contributed by atoms with Gasteiger partial charge in [-0.3, -0.25) is 0 Å².